The molecule has 0 radical (unpaired) electrons. The maximum absolute atomic E-state index is 11.6. The molecule has 1 heterocycles. The Labute approximate surface area is 99.4 Å². The molecule has 0 saturated heterocycles. The van der Waals surface area contributed by atoms with Crippen molar-refractivity contribution in [2.45, 2.75) is 32.6 Å². The van der Waals surface area contributed by atoms with Crippen molar-refractivity contribution in [3.63, 3.8) is 0 Å². The minimum Gasteiger partial charge on any atom is -0.476 e. The van der Waals surface area contributed by atoms with Crippen LogP contribution in [-0.4, -0.2) is 45.5 Å². The molecule has 0 fully saturated rings. The number of rotatable bonds is 5. The van der Waals surface area contributed by atoms with Gasteiger partial charge < -0.3 is 5.11 Å². The van der Waals surface area contributed by atoms with E-state index in [0.29, 0.717) is 5.69 Å². The van der Waals surface area contributed by atoms with Crippen molar-refractivity contribution >= 4 is 15.8 Å². The Balaban J connectivity index is 2.81. The van der Waals surface area contributed by atoms with Crippen LogP contribution in [0.1, 0.15) is 30.0 Å². The molecule has 17 heavy (non-hydrogen) atoms. The first kappa shape index (κ1) is 13.6. The molecule has 1 N–H and O–H groups in total. The number of hydrogen-bond donors (Lipinski definition) is 1. The molecule has 0 aliphatic heterocycles. The van der Waals surface area contributed by atoms with Gasteiger partial charge in [-0.25, -0.2) is 17.9 Å². The molecule has 8 heteroatoms. The van der Waals surface area contributed by atoms with Gasteiger partial charge >= 0.3 is 5.97 Å². The summed E-state index contributed by atoms with van der Waals surface area (Å²) < 4.78 is 24.5. The van der Waals surface area contributed by atoms with Gasteiger partial charge in [-0.3, -0.25) is 0 Å². The Morgan fingerprint density at radius 3 is 2.47 bits per heavy atom. The molecule has 0 amide bonds. The first-order valence-corrected chi connectivity index (χ1v) is 6.82. The number of hydrogen-bond acceptors (Lipinski definition) is 5. The van der Waals surface area contributed by atoms with E-state index in [-0.39, 0.29) is 18.0 Å². The third-order valence-electron chi connectivity index (χ3n) is 2.49. The summed E-state index contributed by atoms with van der Waals surface area (Å²) in [5.74, 6) is -1.24. The number of nitrogens with zero attached hydrogens (tertiary/aromatic N) is 3. The number of carbonyl (C=O) groups is 1. The van der Waals surface area contributed by atoms with Gasteiger partial charge in [0.25, 0.3) is 0 Å². The predicted octanol–water partition coefficient (Wildman–Crippen LogP) is 0.108. The van der Waals surface area contributed by atoms with E-state index in [0.717, 1.165) is 0 Å². The summed E-state index contributed by atoms with van der Waals surface area (Å²) in [4.78, 5) is 10.7. The van der Waals surface area contributed by atoms with Crippen LogP contribution in [0.5, 0.6) is 0 Å². The fraction of sp³-hybridized carbons (Fsp3) is 0.667. The van der Waals surface area contributed by atoms with Gasteiger partial charge in [-0.2, -0.15) is 0 Å². The minimum atomic E-state index is -3.16. The second kappa shape index (κ2) is 4.82. The van der Waals surface area contributed by atoms with Crippen molar-refractivity contribution in [3.8, 4) is 0 Å². The zero-order chi connectivity index (χ0) is 13.2. The lowest BCUT2D eigenvalue weighted by molar-refractivity contribution is 0.0689. The maximum Gasteiger partial charge on any atom is 0.358 e. The van der Waals surface area contributed by atoms with Crippen LogP contribution < -0.4 is 0 Å². The zero-order valence-corrected chi connectivity index (χ0v) is 10.7. The smallest absolute Gasteiger partial charge is 0.358 e. The highest BCUT2D eigenvalue weighted by Crippen LogP contribution is 2.06. The Morgan fingerprint density at radius 2 is 2.06 bits per heavy atom. The van der Waals surface area contributed by atoms with Gasteiger partial charge in [-0.05, 0) is 20.8 Å². The van der Waals surface area contributed by atoms with Crippen LogP contribution in [0.25, 0.3) is 0 Å². The van der Waals surface area contributed by atoms with Crippen LogP contribution in [0.4, 0.5) is 0 Å². The first-order valence-electron chi connectivity index (χ1n) is 5.10. The maximum atomic E-state index is 11.6. The molecule has 0 unspecified atom stereocenters. The van der Waals surface area contributed by atoms with Crippen LogP contribution in [0.3, 0.4) is 0 Å². The summed E-state index contributed by atoms with van der Waals surface area (Å²) >= 11 is 0. The number of aromatic nitrogens is 3. The van der Waals surface area contributed by atoms with Crippen molar-refractivity contribution < 1.29 is 18.3 Å². The average Bonchev–Trinajstić information content (AvgIpc) is 2.56. The molecule has 0 spiro atoms. The fourth-order valence-corrected chi connectivity index (χ4v) is 2.12. The number of carboxylic acids is 1. The summed E-state index contributed by atoms with van der Waals surface area (Å²) in [6.45, 7) is 4.87. The molecule has 0 aliphatic carbocycles. The van der Waals surface area contributed by atoms with Gasteiger partial charge in [0.15, 0.2) is 15.5 Å². The molecule has 96 valence electrons. The monoisotopic (exact) mass is 261 g/mol. The van der Waals surface area contributed by atoms with Gasteiger partial charge in [-0.15, -0.1) is 5.10 Å². The SMILES string of the molecule is Cc1c(C(=O)O)nnn1CCS(=O)(=O)C(C)C. The van der Waals surface area contributed by atoms with Crippen molar-refractivity contribution in [1.29, 1.82) is 0 Å². The summed E-state index contributed by atoms with van der Waals surface area (Å²) in [5.41, 5.74) is 0.211. The molecule has 1 aromatic rings. The summed E-state index contributed by atoms with van der Waals surface area (Å²) in [5, 5.41) is 15.4. The van der Waals surface area contributed by atoms with E-state index in [1.807, 2.05) is 0 Å². The Bertz CT molecular complexity index is 518. The summed E-state index contributed by atoms with van der Waals surface area (Å²) in [7, 11) is -3.16. The molecular formula is C9H15N3O4S. The predicted molar refractivity (Wildman–Crippen MR) is 60.6 cm³/mol. The van der Waals surface area contributed by atoms with Crippen molar-refractivity contribution in [1.82, 2.24) is 15.0 Å². The number of aryl methyl sites for hydroxylation is 1. The molecule has 0 bridgehead atoms. The van der Waals surface area contributed by atoms with E-state index < -0.39 is 21.1 Å². The van der Waals surface area contributed by atoms with E-state index in [4.69, 9.17) is 5.11 Å². The largest absolute Gasteiger partial charge is 0.476 e. The second-order valence-corrected chi connectivity index (χ2v) is 6.64. The number of carboxylic acid groups (broad SMARTS) is 1. The van der Waals surface area contributed by atoms with Crippen molar-refractivity contribution in [2.24, 2.45) is 0 Å². The lowest BCUT2D eigenvalue weighted by atomic mass is 10.3. The van der Waals surface area contributed by atoms with Crippen LogP contribution in [-0.2, 0) is 16.4 Å². The highest BCUT2D eigenvalue weighted by Gasteiger charge is 2.19. The third kappa shape index (κ3) is 3.02. The van der Waals surface area contributed by atoms with Gasteiger partial charge in [0.2, 0.25) is 0 Å². The molecule has 0 atom stereocenters. The molecule has 7 nitrogen and oxygen atoms in total. The van der Waals surface area contributed by atoms with Gasteiger partial charge in [0.1, 0.15) is 0 Å². The lowest BCUT2D eigenvalue weighted by Gasteiger charge is -2.07. The Hall–Kier alpha value is -1.44. The topological polar surface area (TPSA) is 102 Å². The van der Waals surface area contributed by atoms with Crippen LogP contribution >= 0.6 is 0 Å². The van der Waals surface area contributed by atoms with Crippen LogP contribution in [0.15, 0.2) is 0 Å². The van der Waals surface area contributed by atoms with E-state index in [1.165, 1.54) is 4.68 Å². The molecular weight excluding hydrogens is 246 g/mol. The summed E-state index contributed by atoms with van der Waals surface area (Å²) in [6, 6.07) is 0. The zero-order valence-electron chi connectivity index (χ0n) is 9.91. The van der Waals surface area contributed by atoms with Crippen LogP contribution in [0, 0.1) is 6.92 Å². The molecule has 1 aromatic heterocycles. The molecule has 0 aromatic carbocycles. The van der Waals surface area contributed by atoms with E-state index in [1.54, 1.807) is 20.8 Å². The van der Waals surface area contributed by atoms with E-state index in [2.05, 4.69) is 10.3 Å². The van der Waals surface area contributed by atoms with Gasteiger partial charge in [0, 0.05) is 0 Å². The Kier molecular flexibility index (Phi) is 3.87. The average molecular weight is 261 g/mol. The molecule has 1 rings (SSSR count). The van der Waals surface area contributed by atoms with Gasteiger partial charge in [-0.1, -0.05) is 5.21 Å². The van der Waals surface area contributed by atoms with Crippen molar-refractivity contribution in [3.05, 3.63) is 11.4 Å². The second-order valence-electron chi connectivity index (χ2n) is 3.97. The quantitative estimate of drug-likeness (QED) is 0.807. The molecule has 0 aliphatic rings. The number of sulfone groups is 1. The highest BCUT2D eigenvalue weighted by molar-refractivity contribution is 7.91. The highest BCUT2D eigenvalue weighted by atomic mass is 32.2. The van der Waals surface area contributed by atoms with Crippen molar-refractivity contribution in [2.75, 3.05) is 5.75 Å². The van der Waals surface area contributed by atoms with Gasteiger partial charge in [0.05, 0.1) is 23.2 Å². The third-order valence-corrected chi connectivity index (χ3v) is 4.68. The number of aromatic carboxylic acids is 1. The Morgan fingerprint density at radius 1 is 1.47 bits per heavy atom. The van der Waals surface area contributed by atoms with E-state index in [9.17, 15) is 13.2 Å². The fourth-order valence-electron chi connectivity index (χ4n) is 1.22. The van der Waals surface area contributed by atoms with E-state index >= 15 is 0 Å². The standard InChI is InChI=1S/C9H15N3O4S/c1-6(2)17(15,16)5-4-12-7(3)8(9(13)14)10-11-12/h6H,4-5H2,1-3H3,(H,13,14). The normalized spacial score (nSPS) is 12.0. The van der Waals surface area contributed by atoms with Crippen LogP contribution in [0.2, 0.25) is 0 Å². The molecule has 0 saturated carbocycles. The summed E-state index contributed by atoms with van der Waals surface area (Å²) in [6.07, 6.45) is 0. The lowest BCUT2D eigenvalue weighted by Crippen LogP contribution is -2.22. The minimum absolute atomic E-state index is 0.0755. The first-order chi connectivity index (χ1) is 7.75.